The van der Waals surface area contributed by atoms with E-state index in [9.17, 15) is 4.79 Å². The molecule has 1 aromatic rings. The summed E-state index contributed by atoms with van der Waals surface area (Å²) < 4.78 is 0. The van der Waals surface area contributed by atoms with Gasteiger partial charge < -0.3 is 10.6 Å². The van der Waals surface area contributed by atoms with Gasteiger partial charge in [-0.15, -0.1) is 0 Å². The number of hydrogen-bond donors (Lipinski definition) is 2. The largest absolute Gasteiger partial charge is 0.338 e. The van der Waals surface area contributed by atoms with Crippen molar-refractivity contribution < 1.29 is 4.79 Å². The van der Waals surface area contributed by atoms with Crippen LogP contribution in [0.15, 0.2) is 36.7 Å². The van der Waals surface area contributed by atoms with E-state index in [1.54, 1.807) is 6.20 Å². The maximum absolute atomic E-state index is 12.1. The van der Waals surface area contributed by atoms with Crippen molar-refractivity contribution in [2.45, 2.75) is 37.8 Å². The van der Waals surface area contributed by atoms with Crippen LogP contribution in [0.3, 0.4) is 0 Å². The lowest BCUT2D eigenvalue weighted by atomic mass is 9.95. The normalized spacial score (nSPS) is 27.8. The molecule has 0 bridgehead atoms. The van der Waals surface area contributed by atoms with E-state index in [1.165, 1.54) is 5.56 Å². The molecule has 2 amide bonds. The average Bonchev–Trinajstić information content (AvgIpc) is 2.95. The third-order valence-corrected chi connectivity index (χ3v) is 4.90. The van der Waals surface area contributed by atoms with Crippen LogP contribution < -0.4 is 10.6 Å². The minimum atomic E-state index is -0.0546. The lowest BCUT2D eigenvalue weighted by Gasteiger charge is -2.26. The summed E-state index contributed by atoms with van der Waals surface area (Å²) in [5.74, 6) is 0.428. The Morgan fingerprint density at radius 3 is 3.09 bits per heavy atom. The highest BCUT2D eigenvalue weighted by atomic mass is 16.2. The summed E-state index contributed by atoms with van der Waals surface area (Å²) in [5.41, 5.74) is 1.23. The predicted octanol–water partition coefficient (Wildman–Crippen LogP) is 2.48. The Bertz CT molecular complexity index is 545. The molecule has 124 valence electrons. The second-order valence-electron chi connectivity index (χ2n) is 6.58. The van der Waals surface area contributed by atoms with Gasteiger partial charge in [0.05, 0.1) is 0 Å². The highest BCUT2D eigenvalue weighted by molar-refractivity contribution is 5.74. The Morgan fingerprint density at radius 2 is 2.35 bits per heavy atom. The number of pyridine rings is 1. The molecule has 2 aliphatic rings. The van der Waals surface area contributed by atoms with E-state index >= 15 is 0 Å². The molecule has 2 N–H and O–H groups in total. The maximum atomic E-state index is 12.1. The van der Waals surface area contributed by atoms with E-state index in [0.717, 1.165) is 32.2 Å². The van der Waals surface area contributed by atoms with Crippen LogP contribution >= 0.6 is 0 Å². The number of nitrogens with zero attached hydrogens (tertiary/aromatic N) is 2. The van der Waals surface area contributed by atoms with Crippen molar-refractivity contribution in [3.63, 3.8) is 0 Å². The van der Waals surface area contributed by atoms with Crippen LogP contribution in [0.25, 0.3) is 0 Å². The fraction of sp³-hybridized carbons (Fsp3) is 0.556. The highest BCUT2D eigenvalue weighted by Crippen LogP contribution is 2.35. The average molecular weight is 314 g/mol. The van der Waals surface area contributed by atoms with Gasteiger partial charge in [0, 0.05) is 31.0 Å². The molecule has 0 radical (unpaired) electrons. The minimum Gasteiger partial charge on any atom is -0.338 e. The zero-order valence-electron chi connectivity index (χ0n) is 13.7. The number of rotatable bonds is 4. The summed E-state index contributed by atoms with van der Waals surface area (Å²) in [6.45, 7) is 1.76. The number of amides is 2. The van der Waals surface area contributed by atoms with Gasteiger partial charge >= 0.3 is 6.03 Å². The monoisotopic (exact) mass is 314 g/mol. The molecule has 2 heterocycles. The molecule has 1 aromatic heterocycles. The van der Waals surface area contributed by atoms with Crippen LogP contribution in [0.4, 0.5) is 4.79 Å². The van der Waals surface area contributed by atoms with E-state index in [2.05, 4.69) is 45.8 Å². The maximum Gasteiger partial charge on any atom is 0.315 e. The van der Waals surface area contributed by atoms with Crippen molar-refractivity contribution in [1.29, 1.82) is 0 Å². The molecule has 0 saturated carbocycles. The van der Waals surface area contributed by atoms with Crippen molar-refractivity contribution in [3.8, 4) is 0 Å². The number of carbonyl (C=O) groups is 1. The van der Waals surface area contributed by atoms with Crippen molar-refractivity contribution in [3.05, 3.63) is 42.2 Å². The SMILES string of the molecule is CN1CC[C@@H](CNC(=O)N[C@H]2C=CCCC2)[C@@H]1c1cccnc1. The number of carbonyl (C=O) groups excluding carboxylic acids is 1. The number of hydrogen-bond acceptors (Lipinski definition) is 3. The molecular formula is C18H26N4O. The zero-order valence-corrected chi connectivity index (χ0v) is 13.7. The predicted molar refractivity (Wildman–Crippen MR) is 91.0 cm³/mol. The Morgan fingerprint density at radius 1 is 1.43 bits per heavy atom. The van der Waals surface area contributed by atoms with Crippen LogP contribution in [-0.2, 0) is 0 Å². The molecule has 3 rings (SSSR count). The molecule has 3 atom stereocenters. The molecule has 1 saturated heterocycles. The molecule has 1 fully saturated rings. The molecule has 0 unspecified atom stereocenters. The Hall–Kier alpha value is -1.88. The van der Waals surface area contributed by atoms with Crippen molar-refractivity contribution in [2.24, 2.45) is 5.92 Å². The standard InChI is InChI=1S/C18H26N4O/c1-22-11-9-15(17(22)14-6-5-10-19-12-14)13-20-18(23)21-16-7-3-2-4-8-16/h3,5-7,10,12,15-17H,2,4,8-9,11,13H2,1H3,(H2,20,21,23)/t15-,16-,17-/m0/s1. The summed E-state index contributed by atoms with van der Waals surface area (Å²) in [4.78, 5) is 18.7. The molecule has 5 heteroatoms. The fourth-order valence-electron chi connectivity index (χ4n) is 3.69. The first-order chi connectivity index (χ1) is 11.2. The molecule has 0 aromatic carbocycles. The topological polar surface area (TPSA) is 57.3 Å². The summed E-state index contributed by atoms with van der Waals surface area (Å²) in [6, 6.07) is 4.57. The van der Waals surface area contributed by atoms with Gasteiger partial charge in [0.15, 0.2) is 0 Å². The first-order valence-electron chi connectivity index (χ1n) is 8.55. The molecule has 5 nitrogen and oxygen atoms in total. The summed E-state index contributed by atoms with van der Waals surface area (Å²) in [7, 11) is 2.14. The lowest BCUT2D eigenvalue weighted by Crippen LogP contribution is -2.43. The number of allylic oxidation sites excluding steroid dienone is 1. The van der Waals surface area contributed by atoms with Gasteiger partial charge in [-0.2, -0.15) is 0 Å². The van der Waals surface area contributed by atoms with Gasteiger partial charge in [-0.25, -0.2) is 4.79 Å². The molecule has 1 aliphatic carbocycles. The molecule has 23 heavy (non-hydrogen) atoms. The van der Waals surface area contributed by atoms with E-state index in [4.69, 9.17) is 0 Å². The van der Waals surface area contributed by atoms with E-state index in [1.807, 2.05) is 12.3 Å². The first-order valence-corrected chi connectivity index (χ1v) is 8.55. The third kappa shape index (κ3) is 4.10. The molecular weight excluding hydrogens is 288 g/mol. The van der Waals surface area contributed by atoms with Gasteiger partial charge in [0.25, 0.3) is 0 Å². The quantitative estimate of drug-likeness (QED) is 0.840. The van der Waals surface area contributed by atoms with E-state index in [0.29, 0.717) is 18.5 Å². The van der Waals surface area contributed by atoms with Crippen molar-refractivity contribution in [1.82, 2.24) is 20.5 Å². The van der Waals surface area contributed by atoms with Crippen LogP contribution in [0, 0.1) is 5.92 Å². The minimum absolute atomic E-state index is 0.0546. The lowest BCUT2D eigenvalue weighted by molar-refractivity contribution is 0.231. The van der Waals surface area contributed by atoms with E-state index in [-0.39, 0.29) is 12.1 Å². The van der Waals surface area contributed by atoms with Crippen molar-refractivity contribution >= 4 is 6.03 Å². The van der Waals surface area contributed by atoms with Crippen molar-refractivity contribution in [2.75, 3.05) is 20.1 Å². The third-order valence-electron chi connectivity index (χ3n) is 4.90. The highest BCUT2D eigenvalue weighted by Gasteiger charge is 2.33. The zero-order chi connectivity index (χ0) is 16.1. The summed E-state index contributed by atoms with van der Waals surface area (Å²) in [5, 5.41) is 6.11. The molecule has 1 aliphatic heterocycles. The van der Waals surface area contributed by atoms with Gasteiger partial charge in [0.1, 0.15) is 0 Å². The Kier molecular flexibility index (Phi) is 5.28. The van der Waals surface area contributed by atoms with Crippen LogP contribution in [0.2, 0.25) is 0 Å². The van der Waals surface area contributed by atoms with Gasteiger partial charge in [0.2, 0.25) is 0 Å². The van der Waals surface area contributed by atoms with E-state index < -0.39 is 0 Å². The summed E-state index contributed by atoms with van der Waals surface area (Å²) >= 11 is 0. The first kappa shape index (κ1) is 16.0. The Labute approximate surface area is 138 Å². The van der Waals surface area contributed by atoms with Gasteiger partial charge in [-0.05, 0) is 56.8 Å². The molecule has 0 spiro atoms. The number of likely N-dealkylation sites (tertiary alicyclic amines) is 1. The van der Waals surface area contributed by atoms with Crippen LogP contribution in [0.5, 0.6) is 0 Å². The fourth-order valence-corrected chi connectivity index (χ4v) is 3.69. The van der Waals surface area contributed by atoms with Crippen LogP contribution in [-0.4, -0.2) is 42.1 Å². The van der Waals surface area contributed by atoms with Gasteiger partial charge in [-0.3, -0.25) is 9.88 Å². The second kappa shape index (κ2) is 7.59. The Balaban J connectivity index is 1.53. The number of urea groups is 1. The van der Waals surface area contributed by atoms with Crippen LogP contribution in [0.1, 0.15) is 37.3 Å². The van der Waals surface area contributed by atoms with Gasteiger partial charge in [-0.1, -0.05) is 18.2 Å². The summed E-state index contributed by atoms with van der Waals surface area (Å²) in [6.07, 6.45) is 12.4. The number of nitrogens with one attached hydrogen (secondary N) is 2. The number of aromatic nitrogens is 1. The second-order valence-corrected chi connectivity index (χ2v) is 6.58. The smallest absolute Gasteiger partial charge is 0.315 e.